The number of aliphatic hydroxyl groups is 1. The third-order valence-corrected chi connectivity index (χ3v) is 3.62. The van der Waals surface area contributed by atoms with Gasteiger partial charge in [0.2, 0.25) is 0 Å². The second-order valence-corrected chi connectivity index (χ2v) is 5.22. The number of hydrogen-bond acceptors (Lipinski definition) is 4. The lowest BCUT2D eigenvalue weighted by atomic mass is 9.86. The summed E-state index contributed by atoms with van der Waals surface area (Å²) < 4.78 is 10.8. The molecule has 1 unspecified atom stereocenters. The summed E-state index contributed by atoms with van der Waals surface area (Å²) in [6.07, 6.45) is 0. The van der Waals surface area contributed by atoms with Gasteiger partial charge in [-0.3, -0.25) is 0 Å². The van der Waals surface area contributed by atoms with Crippen LogP contribution in [0.5, 0.6) is 5.75 Å². The second kappa shape index (κ2) is 6.37. The summed E-state index contributed by atoms with van der Waals surface area (Å²) in [6, 6.07) is 8.25. The Kier molecular flexibility index (Phi) is 4.80. The Labute approximate surface area is 114 Å². The molecular weight excluding hydrogens is 242 g/mol. The van der Waals surface area contributed by atoms with Gasteiger partial charge in [0.25, 0.3) is 0 Å². The van der Waals surface area contributed by atoms with Crippen LogP contribution in [-0.2, 0) is 4.74 Å². The Balaban J connectivity index is 1.97. The monoisotopic (exact) mass is 265 g/mol. The van der Waals surface area contributed by atoms with Crippen LogP contribution in [0.3, 0.4) is 0 Å². The summed E-state index contributed by atoms with van der Waals surface area (Å²) in [5.41, 5.74) is 1.05. The Morgan fingerprint density at radius 2 is 2.16 bits per heavy atom. The first-order chi connectivity index (χ1) is 9.21. The van der Waals surface area contributed by atoms with E-state index in [1.54, 1.807) is 0 Å². The lowest BCUT2D eigenvalue weighted by molar-refractivity contribution is -0.135. The fourth-order valence-electron chi connectivity index (χ4n) is 2.24. The first-order valence-electron chi connectivity index (χ1n) is 6.84. The molecule has 0 amide bonds. The lowest BCUT2D eigenvalue weighted by Crippen LogP contribution is -2.52. The van der Waals surface area contributed by atoms with Crippen molar-refractivity contribution >= 4 is 0 Å². The zero-order valence-electron chi connectivity index (χ0n) is 11.7. The van der Waals surface area contributed by atoms with Crippen molar-refractivity contribution in [3.8, 4) is 5.75 Å². The largest absolute Gasteiger partial charge is 0.494 e. The van der Waals surface area contributed by atoms with Gasteiger partial charge in [0, 0.05) is 18.2 Å². The van der Waals surface area contributed by atoms with Gasteiger partial charge in [-0.05, 0) is 19.9 Å². The average molecular weight is 265 g/mol. The second-order valence-electron chi connectivity index (χ2n) is 5.22. The first-order valence-corrected chi connectivity index (χ1v) is 6.84. The maximum absolute atomic E-state index is 9.41. The molecule has 0 saturated carbocycles. The standard InChI is InChI=1S/C15H23NO3/c1-3-19-14-7-5-4-6-13(14)12(2)16-8-15(9-17)10-18-11-15/h4-7,12,16-17H,3,8-11H2,1-2H3. The van der Waals surface area contributed by atoms with E-state index in [1.165, 1.54) is 0 Å². The van der Waals surface area contributed by atoms with Crippen molar-refractivity contribution in [2.45, 2.75) is 19.9 Å². The van der Waals surface area contributed by atoms with Crippen LogP contribution in [0.15, 0.2) is 24.3 Å². The first kappa shape index (κ1) is 14.3. The van der Waals surface area contributed by atoms with Gasteiger partial charge in [-0.15, -0.1) is 0 Å². The van der Waals surface area contributed by atoms with Crippen LogP contribution < -0.4 is 10.1 Å². The molecule has 0 aliphatic carbocycles. The average Bonchev–Trinajstić information content (AvgIpc) is 2.39. The van der Waals surface area contributed by atoms with Gasteiger partial charge in [0.1, 0.15) is 5.75 Å². The Morgan fingerprint density at radius 3 is 2.74 bits per heavy atom. The van der Waals surface area contributed by atoms with Crippen LogP contribution in [0, 0.1) is 5.41 Å². The number of hydrogen-bond donors (Lipinski definition) is 2. The Bertz CT molecular complexity index is 399. The van der Waals surface area contributed by atoms with E-state index >= 15 is 0 Å². The molecule has 0 aromatic heterocycles. The molecule has 0 bridgehead atoms. The van der Waals surface area contributed by atoms with E-state index in [4.69, 9.17) is 9.47 Å². The molecule has 1 aliphatic heterocycles. The van der Waals surface area contributed by atoms with E-state index in [0.717, 1.165) is 17.9 Å². The van der Waals surface area contributed by atoms with Crippen molar-refractivity contribution in [1.82, 2.24) is 5.32 Å². The Hall–Kier alpha value is -1.10. The molecule has 19 heavy (non-hydrogen) atoms. The minimum absolute atomic E-state index is 0.102. The van der Waals surface area contributed by atoms with Crippen LogP contribution in [0.25, 0.3) is 0 Å². The molecule has 1 saturated heterocycles. The van der Waals surface area contributed by atoms with E-state index in [2.05, 4.69) is 18.3 Å². The van der Waals surface area contributed by atoms with E-state index < -0.39 is 0 Å². The van der Waals surface area contributed by atoms with Crippen LogP contribution >= 0.6 is 0 Å². The SMILES string of the molecule is CCOc1ccccc1C(C)NCC1(CO)COC1. The van der Waals surface area contributed by atoms with Gasteiger partial charge in [0.05, 0.1) is 31.8 Å². The zero-order valence-corrected chi connectivity index (χ0v) is 11.7. The fraction of sp³-hybridized carbons (Fsp3) is 0.600. The third kappa shape index (κ3) is 3.26. The Morgan fingerprint density at radius 1 is 1.42 bits per heavy atom. The number of para-hydroxylation sites is 1. The molecule has 1 aliphatic rings. The van der Waals surface area contributed by atoms with Crippen LogP contribution in [0.2, 0.25) is 0 Å². The minimum atomic E-state index is -0.102. The maximum Gasteiger partial charge on any atom is 0.124 e. The summed E-state index contributed by atoms with van der Waals surface area (Å²) in [6.45, 7) is 6.96. The zero-order chi connectivity index (χ0) is 13.7. The highest BCUT2D eigenvalue weighted by Crippen LogP contribution is 2.29. The highest BCUT2D eigenvalue weighted by molar-refractivity contribution is 5.35. The van der Waals surface area contributed by atoms with Gasteiger partial charge in [-0.1, -0.05) is 18.2 Å². The topological polar surface area (TPSA) is 50.7 Å². The van der Waals surface area contributed by atoms with E-state index in [0.29, 0.717) is 19.8 Å². The van der Waals surface area contributed by atoms with Gasteiger partial charge in [-0.2, -0.15) is 0 Å². The summed E-state index contributed by atoms with van der Waals surface area (Å²) in [5, 5.41) is 12.9. The third-order valence-electron chi connectivity index (χ3n) is 3.62. The van der Waals surface area contributed by atoms with E-state index in [-0.39, 0.29) is 18.1 Å². The van der Waals surface area contributed by atoms with Gasteiger partial charge < -0.3 is 19.9 Å². The highest BCUT2D eigenvalue weighted by Gasteiger charge is 2.38. The van der Waals surface area contributed by atoms with Crippen molar-refractivity contribution in [3.05, 3.63) is 29.8 Å². The van der Waals surface area contributed by atoms with E-state index in [9.17, 15) is 5.11 Å². The maximum atomic E-state index is 9.41. The number of benzene rings is 1. The van der Waals surface area contributed by atoms with Crippen molar-refractivity contribution < 1.29 is 14.6 Å². The van der Waals surface area contributed by atoms with Crippen molar-refractivity contribution in [3.63, 3.8) is 0 Å². The smallest absolute Gasteiger partial charge is 0.124 e. The van der Waals surface area contributed by atoms with Crippen molar-refractivity contribution in [2.75, 3.05) is 33.0 Å². The van der Waals surface area contributed by atoms with Crippen LogP contribution in [0.1, 0.15) is 25.5 Å². The molecule has 1 heterocycles. The summed E-state index contributed by atoms with van der Waals surface area (Å²) >= 11 is 0. The predicted molar refractivity (Wildman–Crippen MR) is 74.4 cm³/mol. The quantitative estimate of drug-likeness (QED) is 0.788. The minimum Gasteiger partial charge on any atom is -0.494 e. The number of nitrogens with one attached hydrogen (secondary N) is 1. The van der Waals surface area contributed by atoms with Crippen molar-refractivity contribution in [2.24, 2.45) is 5.41 Å². The molecular formula is C15H23NO3. The van der Waals surface area contributed by atoms with Crippen LogP contribution in [0.4, 0.5) is 0 Å². The molecule has 1 aromatic carbocycles. The molecule has 4 nitrogen and oxygen atoms in total. The summed E-state index contributed by atoms with van der Waals surface area (Å²) in [7, 11) is 0. The molecule has 0 radical (unpaired) electrons. The number of rotatable bonds is 7. The molecule has 1 aromatic rings. The molecule has 4 heteroatoms. The molecule has 0 spiro atoms. The molecule has 1 atom stereocenters. The van der Waals surface area contributed by atoms with Gasteiger partial charge in [0.15, 0.2) is 0 Å². The summed E-state index contributed by atoms with van der Waals surface area (Å²) in [5.74, 6) is 0.924. The van der Waals surface area contributed by atoms with E-state index in [1.807, 2.05) is 25.1 Å². The molecule has 2 rings (SSSR count). The predicted octanol–water partition coefficient (Wildman–Crippen LogP) is 1.74. The summed E-state index contributed by atoms with van der Waals surface area (Å²) in [4.78, 5) is 0. The normalized spacial score (nSPS) is 18.7. The number of ether oxygens (including phenoxy) is 2. The molecule has 1 fully saturated rings. The molecule has 106 valence electrons. The highest BCUT2D eigenvalue weighted by atomic mass is 16.5. The lowest BCUT2D eigenvalue weighted by Gasteiger charge is -2.40. The van der Waals surface area contributed by atoms with Crippen LogP contribution in [-0.4, -0.2) is 38.1 Å². The molecule has 2 N–H and O–H groups in total. The fourth-order valence-corrected chi connectivity index (χ4v) is 2.24. The van der Waals surface area contributed by atoms with Crippen molar-refractivity contribution in [1.29, 1.82) is 0 Å². The van der Waals surface area contributed by atoms with Gasteiger partial charge >= 0.3 is 0 Å². The van der Waals surface area contributed by atoms with Gasteiger partial charge in [-0.25, -0.2) is 0 Å². The number of aliphatic hydroxyl groups excluding tert-OH is 1.